The Hall–Kier alpha value is -2.96. The molecule has 2 aromatic rings. The smallest absolute Gasteiger partial charge is 0.256 e. The van der Waals surface area contributed by atoms with Gasteiger partial charge >= 0.3 is 0 Å². The summed E-state index contributed by atoms with van der Waals surface area (Å²) < 4.78 is 14.9. The molecule has 2 fully saturated rings. The third kappa shape index (κ3) is 4.33. The van der Waals surface area contributed by atoms with E-state index in [4.69, 9.17) is 0 Å². The van der Waals surface area contributed by atoms with E-state index in [2.05, 4.69) is 28.2 Å². The number of piperazine rings is 1. The van der Waals surface area contributed by atoms with Crippen molar-refractivity contribution in [3.63, 3.8) is 0 Å². The second kappa shape index (κ2) is 8.52. The highest BCUT2D eigenvalue weighted by molar-refractivity contribution is 5.95. The predicted octanol–water partition coefficient (Wildman–Crippen LogP) is 3.44. The molecule has 2 aliphatic heterocycles. The Kier molecular flexibility index (Phi) is 5.93. The molecule has 0 bridgehead atoms. The largest absolute Gasteiger partial charge is 0.353 e. The average Bonchev–Trinajstić information content (AvgIpc) is 3.05. The number of anilines is 1. The second-order valence-electron chi connectivity index (χ2n) is 9.50. The van der Waals surface area contributed by atoms with E-state index in [9.17, 15) is 14.0 Å². The van der Waals surface area contributed by atoms with Crippen LogP contribution in [0.2, 0.25) is 0 Å². The molecule has 0 aliphatic carbocycles. The first-order chi connectivity index (χ1) is 15.2. The van der Waals surface area contributed by atoms with Crippen molar-refractivity contribution < 1.29 is 14.0 Å². The molecule has 1 atom stereocenters. The van der Waals surface area contributed by atoms with Crippen molar-refractivity contribution in [1.29, 1.82) is 0 Å². The zero-order valence-electron chi connectivity index (χ0n) is 19.2. The topological polar surface area (TPSA) is 65.5 Å². The van der Waals surface area contributed by atoms with Gasteiger partial charge in [0.2, 0.25) is 5.91 Å². The van der Waals surface area contributed by atoms with Gasteiger partial charge in [-0.15, -0.1) is 0 Å². The number of nitrogens with one attached hydrogen (secondary N) is 1. The van der Waals surface area contributed by atoms with Crippen LogP contribution in [-0.2, 0) is 11.2 Å². The van der Waals surface area contributed by atoms with Crippen molar-refractivity contribution in [2.24, 2.45) is 0 Å². The minimum atomic E-state index is -0.569. The first-order valence-corrected chi connectivity index (χ1v) is 11.3. The molecule has 2 saturated heterocycles. The summed E-state index contributed by atoms with van der Waals surface area (Å²) in [5.74, 6) is -0.389. The van der Waals surface area contributed by atoms with E-state index in [0.29, 0.717) is 38.2 Å². The van der Waals surface area contributed by atoms with Crippen LogP contribution in [0, 0.1) is 12.7 Å². The van der Waals surface area contributed by atoms with Gasteiger partial charge in [-0.1, -0.05) is 19.1 Å². The molecule has 4 rings (SSSR count). The molecule has 0 radical (unpaired) electrons. The number of pyridine rings is 1. The van der Waals surface area contributed by atoms with E-state index in [1.165, 1.54) is 17.7 Å². The van der Waals surface area contributed by atoms with E-state index >= 15 is 0 Å². The van der Waals surface area contributed by atoms with Gasteiger partial charge in [0.1, 0.15) is 11.6 Å². The lowest BCUT2D eigenvalue weighted by Gasteiger charge is -2.36. The molecule has 6 nitrogen and oxygen atoms in total. The van der Waals surface area contributed by atoms with Gasteiger partial charge in [0.15, 0.2) is 0 Å². The van der Waals surface area contributed by atoms with Crippen LogP contribution in [0.5, 0.6) is 0 Å². The molecular weight excluding hydrogens is 407 g/mol. The molecule has 2 aliphatic rings. The van der Waals surface area contributed by atoms with Crippen LogP contribution >= 0.6 is 0 Å². The van der Waals surface area contributed by atoms with E-state index in [1.807, 2.05) is 27.0 Å². The molecule has 1 aromatic heterocycles. The summed E-state index contributed by atoms with van der Waals surface area (Å²) in [5, 5.41) is 2.93. The van der Waals surface area contributed by atoms with E-state index in [-0.39, 0.29) is 28.8 Å². The van der Waals surface area contributed by atoms with E-state index < -0.39 is 5.82 Å². The summed E-state index contributed by atoms with van der Waals surface area (Å²) in [6, 6.07) is 6.73. The third-order valence-electron chi connectivity index (χ3n) is 6.45. The van der Waals surface area contributed by atoms with Crippen LogP contribution in [-0.4, -0.2) is 53.4 Å². The molecule has 0 saturated carbocycles. The van der Waals surface area contributed by atoms with Crippen molar-refractivity contribution >= 4 is 17.6 Å². The average molecular weight is 439 g/mol. The number of carbonyl (C=O) groups excluding carboxylic acids is 2. The normalized spacial score (nSPS) is 20.4. The Bertz CT molecular complexity index is 1040. The van der Waals surface area contributed by atoms with Gasteiger partial charge in [-0.3, -0.25) is 9.59 Å². The quantitative estimate of drug-likeness (QED) is 0.794. The van der Waals surface area contributed by atoms with E-state index in [0.717, 1.165) is 17.8 Å². The Morgan fingerprint density at radius 2 is 1.94 bits per heavy atom. The van der Waals surface area contributed by atoms with Gasteiger partial charge in [0, 0.05) is 37.9 Å². The summed E-state index contributed by atoms with van der Waals surface area (Å²) >= 11 is 0. The SMILES string of the molecule is CCc1cc(C)cnc1N1CCN(C(=O)c2ccc(C3CC(C)(C)NC3=O)cc2F)CC1. The van der Waals surface area contributed by atoms with Crippen molar-refractivity contribution in [2.45, 2.75) is 52.0 Å². The van der Waals surface area contributed by atoms with Gasteiger partial charge in [0.05, 0.1) is 11.5 Å². The number of rotatable bonds is 4. The monoisotopic (exact) mass is 438 g/mol. The Morgan fingerprint density at radius 3 is 2.53 bits per heavy atom. The summed E-state index contributed by atoms with van der Waals surface area (Å²) in [6.45, 7) is 10.4. The number of aryl methyl sites for hydroxylation is 2. The number of aromatic nitrogens is 1. The third-order valence-corrected chi connectivity index (χ3v) is 6.45. The molecular formula is C25H31FN4O2. The summed E-state index contributed by atoms with van der Waals surface area (Å²) in [7, 11) is 0. The van der Waals surface area contributed by atoms with Crippen LogP contribution in [0.15, 0.2) is 30.5 Å². The van der Waals surface area contributed by atoms with Gasteiger partial charge in [0.25, 0.3) is 5.91 Å². The molecule has 32 heavy (non-hydrogen) atoms. The lowest BCUT2D eigenvalue weighted by Crippen LogP contribution is -2.49. The van der Waals surface area contributed by atoms with Crippen molar-refractivity contribution in [3.8, 4) is 0 Å². The van der Waals surface area contributed by atoms with E-state index in [1.54, 1.807) is 11.0 Å². The van der Waals surface area contributed by atoms with Crippen molar-refractivity contribution in [1.82, 2.24) is 15.2 Å². The molecule has 3 heterocycles. The number of carbonyl (C=O) groups is 2. The lowest BCUT2D eigenvalue weighted by molar-refractivity contribution is -0.120. The Labute approximate surface area is 188 Å². The number of hydrogen-bond acceptors (Lipinski definition) is 4. The standard InChI is InChI=1S/C25H31FN4O2/c1-5-17-12-16(2)15-27-22(17)29-8-10-30(11-9-29)24(32)19-7-6-18(13-21(19)26)20-14-25(3,4)28-23(20)31/h6-7,12-13,15,20H,5,8-11,14H2,1-4H3,(H,28,31). The van der Waals surface area contributed by atoms with Crippen molar-refractivity contribution in [3.05, 3.63) is 58.5 Å². The maximum Gasteiger partial charge on any atom is 0.256 e. The fraction of sp³-hybridized carbons (Fsp3) is 0.480. The fourth-order valence-corrected chi connectivity index (χ4v) is 4.72. The van der Waals surface area contributed by atoms with Gasteiger partial charge in [-0.25, -0.2) is 9.37 Å². The Balaban J connectivity index is 1.44. The first kappa shape index (κ1) is 22.2. The number of amides is 2. The molecule has 1 N–H and O–H groups in total. The van der Waals surface area contributed by atoms with Crippen LogP contribution in [0.4, 0.5) is 10.2 Å². The minimum Gasteiger partial charge on any atom is -0.353 e. The maximum absolute atomic E-state index is 14.9. The zero-order chi connectivity index (χ0) is 23.0. The predicted molar refractivity (Wildman–Crippen MR) is 122 cm³/mol. The summed E-state index contributed by atoms with van der Waals surface area (Å²) in [5.41, 5.74) is 2.70. The molecule has 2 amide bonds. The van der Waals surface area contributed by atoms with Gasteiger partial charge in [-0.05, 0) is 62.4 Å². The fourth-order valence-electron chi connectivity index (χ4n) is 4.72. The highest BCUT2D eigenvalue weighted by atomic mass is 19.1. The number of nitrogens with zero attached hydrogens (tertiary/aromatic N) is 3. The number of benzene rings is 1. The minimum absolute atomic E-state index is 0.0579. The number of halogens is 1. The molecule has 1 aromatic carbocycles. The summed E-state index contributed by atoms with van der Waals surface area (Å²) in [4.78, 5) is 33.8. The zero-order valence-corrected chi connectivity index (χ0v) is 19.2. The van der Waals surface area contributed by atoms with Gasteiger partial charge in [-0.2, -0.15) is 0 Å². The van der Waals surface area contributed by atoms with Crippen LogP contribution < -0.4 is 10.2 Å². The van der Waals surface area contributed by atoms with Crippen molar-refractivity contribution in [2.75, 3.05) is 31.1 Å². The molecule has 7 heteroatoms. The highest BCUT2D eigenvalue weighted by Crippen LogP contribution is 2.33. The Morgan fingerprint density at radius 1 is 1.22 bits per heavy atom. The highest BCUT2D eigenvalue weighted by Gasteiger charge is 2.38. The van der Waals surface area contributed by atoms with Gasteiger partial charge < -0.3 is 15.1 Å². The first-order valence-electron chi connectivity index (χ1n) is 11.3. The molecule has 1 unspecified atom stereocenters. The lowest BCUT2D eigenvalue weighted by atomic mass is 9.90. The van der Waals surface area contributed by atoms with Crippen LogP contribution in [0.1, 0.15) is 60.2 Å². The number of hydrogen-bond donors (Lipinski definition) is 1. The molecule has 170 valence electrons. The maximum atomic E-state index is 14.9. The second-order valence-corrected chi connectivity index (χ2v) is 9.50. The summed E-state index contributed by atoms with van der Waals surface area (Å²) in [6.07, 6.45) is 3.37. The molecule has 0 spiro atoms. The van der Waals surface area contributed by atoms with Crippen LogP contribution in [0.3, 0.4) is 0 Å². The van der Waals surface area contributed by atoms with Crippen LogP contribution in [0.25, 0.3) is 0 Å².